The fraction of sp³-hybridized carbons (Fsp3) is 0.238. The molecule has 5 nitrogen and oxygen atoms in total. The lowest BCUT2D eigenvalue weighted by Gasteiger charge is -2.21. The van der Waals surface area contributed by atoms with Crippen molar-refractivity contribution in [2.45, 2.75) is 32.7 Å². The molecule has 158 valence electrons. The smallest absolute Gasteiger partial charge is 0.406 e. The van der Waals surface area contributed by atoms with E-state index in [1.807, 2.05) is 26.8 Å². The highest BCUT2D eigenvalue weighted by Gasteiger charge is 2.31. The molecule has 2 aromatic carbocycles. The molecule has 1 aromatic heterocycles. The number of benzene rings is 2. The van der Waals surface area contributed by atoms with Crippen LogP contribution < -0.4 is 15.4 Å². The molecule has 30 heavy (non-hydrogen) atoms. The van der Waals surface area contributed by atoms with Crippen LogP contribution in [0.3, 0.4) is 0 Å². The minimum atomic E-state index is -4.78. The van der Waals surface area contributed by atoms with Crippen molar-refractivity contribution in [1.29, 1.82) is 0 Å². The Kier molecular flexibility index (Phi) is 6.07. The Morgan fingerprint density at radius 3 is 2.33 bits per heavy atom. The standard InChI is InChI=1S/C21H20ClF3N4O/c1-20(2,3)29-19-27-17(13-7-6-8-14(11-13)30-21(23,24)25)12-18(28-19)26-16-10-5-4-9-15(16)22/h4-12H,1-3H3,(H2,26,27,28,29). The number of halogens is 4. The topological polar surface area (TPSA) is 59.1 Å². The summed E-state index contributed by atoms with van der Waals surface area (Å²) in [5.74, 6) is 0.420. The van der Waals surface area contributed by atoms with Gasteiger partial charge in [0.25, 0.3) is 0 Å². The summed E-state index contributed by atoms with van der Waals surface area (Å²) in [6.45, 7) is 5.84. The maximum Gasteiger partial charge on any atom is 0.573 e. The average Bonchev–Trinajstić information content (AvgIpc) is 2.61. The lowest BCUT2D eigenvalue weighted by molar-refractivity contribution is -0.274. The van der Waals surface area contributed by atoms with E-state index in [4.69, 9.17) is 11.6 Å². The fourth-order valence-electron chi connectivity index (χ4n) is 2.60. The zero-order valence-corrected chi connectivity index (χ0v) is 17.3. The van der Waals surface area contributed by atoms with Crippen LogP contribution in [0, 0.1) is 0 Å². The van der Waals surface area contributed by atoms with Crippen molar-refractivity contribution in [2.75, 3.05) is 10.6 Å². The van der Waals surface area contributed by atoms with E-state index in [1.54, 1.807) is 30.3 Å². The van der Waals surface area contributed by atoms with E-state index in [0.29, 0.717) is 33.7 Å². The first-order valence-electron chi connectivity index (χ1n) is 9.03. The largest absolute Gasteiger partial charge is 0.573 e. The highest BCUT2D eigenvalue weighted by Crippen LogP contribution is 2.31. The van der Waals surface area contributed by atoms with Gasteiger partial charge in [0.1, 0.15) is 11.6 Å². The summed E-state index contributed by atoms with van der Waals surface area (Å²) >= 11 is 6.21. The van der Waals surface area contributed by atoms with Crippen LogP contribution in [-0.2, 0) is 0 Å². The maximum absolute atomic E-state index is 12.6. The van der Waals surface area contributed by atoms with Crippen LogP contribution in [0.5, 0.6) is 5.75 Å². The van der Waals surface area contributed by atoms with Gasteiger partial charge >= 0.3 is 6.36 Å². The summed E-state index contributed by atoms with van der Waals surface area (Å²) < 4.78 is 41.8. The minimum absolute atomic E-state index is 0.316. The predicted octanol–water partition coefficient (Wildman–Crippen LogP) is 6.65. The summed E-state index contributed by atoms with van der Waals surface area (Å²) in [5.41, 5.74) is 1.17. The Balaban J connectivity index is 2.02. The second kappa shape index (κ2) is 8.39. The first-order valence-corrected chi connectivity index (χ1v) is 9.41. The molecule has 0 atom stereocenters. The number of nitrogens with zero attached hydrogens (tertiary/aromatic N) is 2. The third kappa shape index (κ3) is 6.25. The monoisotopic (exact) mass is 436 g/mol. The lowest BCUT2D eigenvalue weighted by Crippen LogP contribution is -2.27. The van der Waals surface area contributed by atoms with Crippen LogP contribution in [0.15, 0.2) is 54.6 Å². The van der Waals surface area contributed by atoms with E-state index < -0.39 is 6.36 Å². The van der Waals surface area contributed by atoms with Gasteiger partial charge in [0.05, 0.1) is 16.4 Å². The van der Waals surface area contributed by atoms with E-state index >= 15 is 0 Å². The number of aromatic nitrogens is 2. The highest BCUT2D eigenvalue weighted by molar-refractivity contribution is 6.33. The van der Waals surface area contributed by atoms with Crippen molar-refractivity contribution in [2.24, 2.45) is 0 Å². The maximum atomic E-state index is 12.6. The number of ether oxygens (including phenoxy) is 1. The number of hydrogen-bond donors (Lipinski definition) is 2. The summed E-state index contributed by atoms with van der Waals surface area (Å²) in [7, 11) is 0. The minimum Gasteiger partial charge on any atom is -0.406 e. The molecule has 0 aliphatic carbocycles. The third-order valence-corrected chi connectivity index (χ3v) is 4.04. The van der Waals surface area contributed by atoms with Crippen LogP contribution in [0.25, 0.3) is 11.3 Å². The first-order chi connectivity index (χ1) is 14.0. The normalized spacial score (nSPS) is 11.8. The fourth-order valence-corrected chi connectivity index (χ4v) is 2.79. The van der Waals surface area contributed by atoms with Crippen LogP contribution in [-0.4, -0.2) is 21.9 Å². The predicted molar refractivity (Wildman–Crippen MR) is 112 cm³/mol. The SMILES string of the molecule is CC(C)(C)Nc1nc(Nc2ccccc2Cl)cc(-c2cccc(OC(F)(F)F)c2)n1. The van der Waals surface area contributed by atoms with Gasteiger partial charge in [-0.2, -0.15) is 4.98 Å². The molecular weight excluding hydrogens is 417 g/mol. The van der Waals surface area contributed by atoms with E-state index in [2.05, 4.69) is 25.3 Å². The Hall–Kier alpha value is -3.00. The van der Waals surface area contributed by atoms with E-state index in [-0.39, 0.29) is 11.3 Å². The second-order valence-corrected chi connectivity index (χ2v) is 7.92. The number of nitrogens with one attached hydrogen (secondary N) is 2. The number of rotatable bonds is 5. The molecule has 0 aliphatic heterocycles. The van der Waals surface area contributed by atoms with E-state index in [1.165, 1.54) is 18.2 Å². The molecule has 0 unspecified atom stereocenters. The van der Waals surface area contributed by atoms with Crippen molar-refractivity contribution in [1.82, 2.24) is 9.97 Å². The van der Waals surface area contributed by atoms with Crippen LogP contribution in [0.4, 0.5) is 30.6 Å². The average molecular weight is 437 g/mol. The van der Waals surface area contributed by atoms with Gasteiger partial charge in [-0.05, 0) is 45.0 Å². The van der Waals surface area contributed by atoms with Crippen LogP contribution in [0.1, 0.15) is 20.8 Å². The first kappa shape index (κ1) is 21.7. The summed E-state index contributed by atoms with van der Waals surface area (Å²) in [5, 5.41) is 6.81. The van der Waals surface area contributed by atoms with Gasteiger partial charge in [-0.15, -0.1) is 13.2 Å². The number of hydrogen-bond acceptors (Lipinski definition) is 5. The number of alkyl halides is 3. The molecule has 0 spiro atoms. The van der Waals surface area contributed by atoms with Gasteiger partial charge in [0.2, 0.25) is 5.95 Å². The molecule has 0 amide bonds. The number of anilines is 3. The van der Waals surface area contributed by atoms with Gasteiger partial charge in [-0.3, -0.25) is 0 Å². The van der Waals surface area contributed by atoms with Crippen molar-refractivity contribution < 1.29 is 17.9 Å². The van der Waals surface area contributed by atoms with Gasteiger partial charge in [-0.25, -0.2) is 4.98 Å². The Labute approximate surface area is 177 Å². The molecule has 0 radical (unpaired) electrons. The molecule has 0 saturated heterocycles. The van der Waals surface area contributed by atoms with Crippen molar-refractivity contribution >= 4 is 29.1 Å². The molecule has 0 bridgehead atoms. The van der Waals surface area contributed by atoms with Gasteiger partial charge in [0.15, 0.2) is 0 Å². The Bertz CT molecular complexity index is 1040. The molecule has 0 aliphatic rings. The lowest BCUT2D eigenvalue weighted by atomic mass is 10.1. The molecule has 1 heterocycles. The Morgan fingerprint density at radius 1 is 0.933 bits per heavy atom. The molecule has 0 saturated carbocycles. The molecular formula is C21H20ClF3N4O. The second-order valence-electron chi connectivity index (χ2n) is 7.52. The summed E-state index contributed by atoms with van der Waals surface area (Å²) in [6, 6.07) is 14.4. The van der Waals surface area contributed by atoms with Crippen molar-refractivity contribution in [3.05, 3.63) is 59.6 Å². The molecule has 3 rings (SSSR count). The molecule has 0 fully saturated rings. The molecule has 2 N–H and O–H groups in total. The zero-order chi connectivity index (χ0) is 21.9. The quantitative estimate of drug-likeness (QED) is 0.469. The Morgan fingerprint density at radius 2 is 1.67 bits per heavy atom. The summed E-state index contributed by atoms with van der Waals surface area (Å²) in [6.07, 6.45) is -4.78. The third-order valence-electron chi connectivity index (χ3n) is 3.71. The summed E-state index contributed by atoms with van der Waals surface area (Å²) in [4.78, 5) is 8.92. The van der Waals surface area contributed by atoms with Crippen LogP contribution in [0.2, 0.25) is 5.02 Å². The van der Waals surface area contributed by atoms with E-state index in [0.717, 1.165) is 0 Å². The zero-order valence-electron chi connectivity index (χ0n) is 16.5. The molecule has 9 heteroatoms. The number of para-hydroxylation sites is 1. The highest BCUT2D eigenvalue weighted by atomic mass is 35.5. The molecule has 3 aromatic rings. The van der Waals surface area contributed by atoms with Crippen LogP contribution >= 0.6 is 11.6 Å². The van der Waals surface area contributed by atoms with Gasteiger partial charge < -0.3 is 15.4 Å². The van der Waals surface area contributed by atoms with E-state index in [9.17, 15) is 13.2 Å². The van der Waals surface area contributed by atoms with Crippen molar-refractivity contribution in [3.63, 3.8) is 0 Å². The van der Waals surface area contributed by atoms with Gasteiger partial charge in [-0.1, -0.05) is 35.9 Å². The van der Waals surface area contributed by atoms with Gasteiger partial charge in [0, 0.05) is 17.2 Å². The van der Waals surface area contributed by atoms with Crippen molar-refractivity contribution in [3.8, 4) is 17.0 Å².